The molecule has 0 saturated carbocycles. The van der Waals surface area contributed by atoms with Crippen LogP contribution in [0.3, 0.4) is 0 Å². The molecule has 3 aromatic carbocycles. The molecule has 164 valence electrons. The summed E-state index contributed by atoms with van der Waals surface area (Å²) in [7, 11) is -3.08. The average Bonchev–Trinajstić information content (AvgIpc) is 2.77. The van der Waals surface area contributed by atoms with Crippen LogP contribution in [0.5, 0.6) is 0 Å². The fraction of sp³-hybridized carbons (Fsp3) is 0.259. The number of rotatable bonds is 6. The average molecular weight is 444 g/mol. The minimum atomic E-state index is -3.08. The molecule has 32 heavy (non-hydrogen) atoms. The highest BCUT2D eigenvalue weighted by molar-refractivity contribution is 7.03. The van der Waals surface area contributed by atoms with Crippen molar-refractivity contribution in [3.63, 3.8) is 0 Å². The van der Waals surface area contributed by atoms with Gasteiger partial charge in [-0.1, -0.05) is 112 Å². The lowest BCUT2D eigenvalue weighted by molar-refractivity contribution is -0.167. The van der Waals surface area contributed by atoms with Crippen LogP contribution in [0.15, 0.2) is 91.0 Å². The van der Waals surface area contributed by atoms with Crippen molar-refractivity contribution >= 4 is 30.5 Å². The second-order valence-electron chi connectivity index (χ2n) is 9.60. The van der Waals surface area contributed by atoms with Crippen molar-refractivity contribution in [3.05, 3.63) is 96.6 Å². The van der Waals surface area contributed by atoms with E-state index in [1.54, 1.807) is 4.57 Å². The van der Waals surface area contributed by atoms with Crippen molar-refractivity contribution in [1.29, 1.82) is 0 Å². The number of nitrogens with zero attached hydrogens (tertiary/aromatic N) is 1. The molecule has 1 amide bonds. The summed E-state index contributed by atoms with van der Waals surface area (Å²) in [6, 6.07) is 29.7. The van der Waals surface area contributed by atoms with Gasteiger partial charge in [0.1, 0.15) is 5.54 Å². The van der Waals surface area contributed by atoms with E-state index in [2.05, 4.69) is 45.0 Å². The second-order valence-corrected chi connectivity index (χ2v) is 14.1. The molecule has 1 N–H and O–H groups in total. The van der Waals surface area contributed by atoms with Gasteiger partial charge in [-0.15, -0.1) is 0 Å². The summed E-state index contributed by atoms with van der Waals surface area (Å²) in [6.07, 6.45) is 0.307. The normalized spacial score (nSPS) is 18.8. The number of carboxylic acids is 1. The van der Waals surface area contributed by atoms with Crippen LogP contribution in [0.4, 0.5) is 0 Å². The molecule has 1 fully saturated rings. The van der Waals surface area contributed by atoms with Crippen molar-refractivity contribution in [2.75, 3.05) is 0 Å². The molecule has 5 heteroatoms. The summed E-state index contributed by atoms with van der Waals surface area (Å²) >= 11 is 0. The molecule has 0 spiro atoms. The zero-order chi connectivity index (χ0) is 23.0. The third-order valence-corrected chi connectivity index (χ3v) is 12.5. The Kier molecular flexibility index (Phi) is 5.55. The molecule has 0 aliphatic carbocycles. The van der Waals surface area contributed by atoms with Crippen LogP contribution in [0, 0.1) is 0 Å². The van der Waals surface area contributed by atoms with E-state index >= 15 is 0 Å². The van der Waals surface area contributed by atoms with Crippen molar-refractivity contribution in [2.24, 2.45) is 0 Å². The molecule has 3 aromatic rings. The minimum Gasteiger partial charge on any atom is -0.479 e. The first kappa shape index (κ1) is 22.0. The van der Waals surface area contributed by atoms with E-state index in [9.17, 15) is 14.7 Å². The maximum absolute atomic E-state index is 13.5. The molecule has 1 atom stereocenters. The Morgan fingerprint density at radius 2 is 1.31 bits per heavy atom. The quantitative estimate of drug-likeness (QED) is 0.465. The smallest absolute Gasteiger partial charge is 0.329 e. The highest BCUT2D eigenvalue weighted by atomic mass is 28.3. The Morgan fingerprint density at radius 1 is 0.875 bits per heavy atom. The monoisotopic (exact) mass is 443 g/mol. The molecule has 1 saturated heterocycles. The predicted molar refractivity (Wildman–Crippen MR) is 130 cm³/mol. The van der Waals surface area contributed by atoms with Gasteiger partial charge in [-0.2, -0.15) is 0 Å². The summed E-state index contributed by atoms with van der Waals surface area (Å²) in [6.45, 7) is 6.42. The van der Waals surface area contributed by atoms with Crippen LogP contribution in [0.1, 0.15) is 32.8 Å². The lowest BCUT2D eigenvalue weighted by atomic mass is 9.81. The van der Waals surface area contributed by atoms with Crippen LogP contribution in [-0.2, 0) is 16.0 Å². The van der Waals surface area contributed by atoms with Crippen LogP contribution >= 0.6 is 0 Å². The predicted octanol–water partition coefficient (Wildman–Crippen LogP) is 3.84. The van der Waals surface area contributed by atoms with E-state index < -0.39 is 19.7 Å². The first-order valence-corrected chi connectivity index (χ1v) is 12.9. The summed E-state index contributed by atoms with van der Waals surface area (Å²) in [5.41, 5.74) is -0.353. The number of benzene rings is 3. The van der Waals surface area contributed by atoms with Crippen LogP contribution in [0.2, 0.25) is 5.04 Å². The van der Waals surface area contributed by atoms with Crippen LogP contribution < -0.4 is 10.4 Å². The van der Waals surface area contributed by atoms with Crippen molar-refractivity contribution in [1.82, 2.24) is 4.57 Å². The lowest BCUT2D eigenvalue weighted by Crippen LogP contribution is -2.87. The van der Waals surface area contributed by atoms with Crippen molar-refractivity contribution < 1.29 is 14.7 Å². The zero-order valence-corrected chi connectivity index (χ0v) is 19.8. The van der Waals surface area contributed by atoms with Gasteiger partial charge in [-0.25, -0.2) is 4.79 Å². The SMILES string of the molecule is CC(C)(C)[Si](c1ccccc1)(c1ccccc1)N1C(=O)C[C@@]1(Cc1ccccc1)C(=O)O. The van der Waals surface area contributed by atoms with E-state index in [1.165, 1.54) is 0 Å². The van der Waals surface area contributed by atoms with Gasteiger partial charge in [0.25, 0.3) is 0 Å². The molecule has 0 aromatic heterocycles. The molecule has 0 unspecified atom stereocenters. The van der Waals surface area contributed by atoms with Gasteiger partial charge in [-0.3, -0.25) is 4.79 Å². The summed E-state index contributed by atoms with van der Waals surface area (Å²) in [5, 5.41) is 12.3. The standard InChI is InChI=1S/C27H29NO3Si/c1-26(2,3)32(22-15-9-5-10-16-22,23-17-11-6-12-18-23)28-24(29)20-27(28,25(30)31)19-21-13-7-4-8-14-21/h4-18H,19-20H2,1-3H3,(H,30,31)/t27-/m0/s1. The summed E-state index contributed by atoms with van der Waals surface area (Å²) in [5.74, 6) is -1.02. The van der Waals surface area contributed by atoms with Crippen molar-refractivity contribution in [2.45, 2.75) is 44.2 Å². The fourth-order valence-electron chi connectivity index (χ4n) is 5.37. The third-order valence-electron chi connectivity index (χ3n) is 6.66. The Bertz CT molecular complexity index is 1070. The highest BCUT2D eigenvalue weighted by Gasteiger charge is 2.68. The molecule has 1 aliphatic heterocycles. The molecular formula is C27H29NO3Si. The fourth-order valence-corrected chi connectivity index (χ4v) is 11.3. The Labute approximate surface area is 190 Å². The van der Waals surface area contributed by atoms with Gasteiger partial charge in [0.2, 0.25) is 14.1 Å². The number of hydrogen-bond acceptors (Lipinski definition) is 2. The summed E-state index contributed by atoms with van der Waals surface area (Å²) in [4.78, 5) is 26.4. The Hall–Kier alpha value is -3.18. The van der Waals surface area contributed by atoms with Gasteiger partial charge in [0, 0.05) is 6.42 Å². The molecule has 4 nitrogen and oxygen atoms in total. The molecule has 1 heterocycles. The first-order valence-electron chi connectivity index (χ1n) is 10.9. The van der Waals surface area contributed by atoms with E-state index in [4.69, 9.17) is 0 Å². The van der Waals surface area contributed by atoms with E-state index in [1.807, 2.05) is 66.7 Å². The number of carboxylic acid groups (broad SMARTS) is 1. The number of carbonyl (C=O) groups excluding carboxylic acids is 1. The zero-order valence-electron chi connectivity index (χ0n) is 18.8. The Balaban J connectivity index is 2.02. The van der Waals surface area contributed by atoms with Crippen LogP contribution in [0.25, 0.3) is 0 Å². The second kappa shape index (κ2) is 8.06. The molecule has 4 rings (SSSR count). The number of β-lactam (4-membered cyclic amide) rings is 1. The topological polar surface area (TPSA) is 57.6 Å². The number of carbonyl (C=O) groups is 2. The van der Waals surface area contributed by atoms with E-state index in [-0.39, 0.29) is 17.4 Å². The van der Waals surface area contributed by atoms with Gasteiger partial charge >= 0.3 is 5.97 Å². The third kappa shape index (κ3) is 3.28. The molecular weight excluding hydrogens is 414 g/mol. The number of aliphatic carboxylic acids is 1. The highest BCUT2D eigenvalue weighted by Crippen LogP contribution is 2.48. The number of hydrogen-bond donors (Lipinski definition) is 1. The van der Waals surface area contributed by atoms with Crippen molar-refractivity contribution in [3.8, 4) is 0 Å². The first-order chi connectivity index (χ1) is 15.2. The van der Waals surface area contributed by atoms with Gasteiger partial charge in [0.05, 0.1) is 6.42 Å². The van der Waals surface area contributed by atoms with Gasteiger partial charge in [0.15, 0.2) is 0 Å². The minimum absolute atomic E-state index is 0.0156. The maximum atomic E-state index is 13.5. The maximum Gasteiger partial charge on any atom is 0.329 e. The molecule has 1 aliphatic rings. The Morgan fingerprint density at radius 3 is 1.69 bits per heavy atom. The molecule has 0 bridgehead atoms. The number of amides is 1. The lowest BCUT2D eigenvalue weighted by Gasteiger charge is -2.62. The van der Waals surface area contributed by atoms with Crippen LogP contribution in [-0.4, -0.2) is 35.3 Å². The van der Waals surface area contributed by atoms with E-state index in [0.29, 0.717) is 6.42 Å². The molecule has 0 radical (unpaired) electrons. The van der Waals surface area contributed by atoms with Gasteiger partial charge < -0.3 is 9.67 Å². The largest absolute Gasteiger partial charge is 0.479 e. The summed E-state index contributed by atoms with van der Waals surface area (Å²) < 4.78 is 1.81. The van der Waals surface area contributed by atoms with Gasteiger partial charge in [-0.05, 0) is 21.0 Å². The van der Waals surface area contributed by atoms with E-state index in [0.717, 1.165) is 15.9 Å².